The van der Waals surface area contributed by atoms with E-state index in [0.717, 1.165) is 0 Å². The molecule has 0 saturated heterocycles. The zero-order valence-corrected chi connectivity index (χ0v) is 9.01. The van der Waals surface area contributed by atoms with Crippen LogP contribution in [0.5, 0.6) is 0 Å². The van der Waals surface area contributed by atoms with Crippen molar-refractivity contribution in [2.24, 2.45) is 0 Å². The average Bonchev–Trinajstić information content (AvgIpc) is 2.67. The smallest absolute Gasteiger partial charge is 0.309 e. The minimum Gasteiger partial charge on any atom is -0.309 e. The minimum atomic E-state index is -4.08. The second-order valence-electron chi connectivity index (χ2n) is 3.51. The van der Waals surface area contributed by atoms with E-state index >= 15 is 0 Å². The molecule has 0 spiro atoms. The van der Waals surface area contributed by atoms with Crippen molar-refractivity contribution in [1.29, 1.82) is 0 Å². The fourth-order valence-corrected chi connectivity index (χ4v) is 1.49. The third-order valence-corrected chi connectivity index (χ3v) is 2.19. The molecule has 0 aliphatic carbocycles. The van der Waals surface area contributed by atoms with Crippen molar-refractivity contribution in [2.45, 2.75) is 38.4 Å². The van der Waals surface area contributed by atoms with Crippen molar-refractivity contribution in [3.05, 3.63) is 11.9 Å². The van der Waals surface area contributed by atoms with Crippen molar-refractivity contribution < 1.29 is 13.2 Å². The SMILES string of the molecule is CCNC(CCCC(F)(F)F)c1cn[nH]n1. The predicted molar refractivity (Wildman–Crippen MR) is 52.7 cm³/mol. The Kier molecular flexibility index (Phi) is 4.72. The molecule has 0 radical (unpaired) electrons. The fourth-order valence-electron chi connectivity index (χ4n) is 1.49. The molecule has 1 unspecified atom stereocenters. The minimum absolute atomic E-state index is 0.0913. The Labute approximate surface area is 91.6 Å². The Balaban J connectivity index is 2.41. The lowest BCUT2D eigenvalue weighted by Crippen LogP contribution is -2.22. The molecule has 1 atom stereocenters. The molecule has 0 aliphatic rings. The van der Waals surface area contributed by atoms with Crippen LogP contribution in [0.15, 0.2) is 6.20 Å². The molecule has 0 bridgehead atoms. The van der Waals surface area contributed by atoms with E-state index in [0.29, 0.717) is 18.7 Å². The number of nitrogens with zero attached hydrogens (tertiary/aromatic N) is 2. The van der Waals surface area contributed by atoms with Crippen LogP contribution in [-0.2, 0) is 0 Å². The number of nitrogens with one attached hydrogen (secondary N) is 2. The molecule has 0 saturated carbocycles. The second kappa shape index (κ2) is 5.83. The third-order valence-electron chi connectivity index (χ3n) is 2.19. The van der Waals surface area contributed by atoms with E-state index in [1.54, 1.807) is 0 Å². The fraction of sp³-hybridized carbons (Fsp3) is 0.778. The molecule has 0 amide bonds. The van der Waals surface area contributed by atoms with Gasteiger partial charge in [0.15, 0.2) is 0 Å². The second-order valence-corrected chi connectivity index (χ2v) is 3.51. The Morgan fingerprint density at radius 1 is 1.50 bits per heavy atom. The summed E-state index contributed by atoms with van der Waals surface area (Å²) in [5, 5.41) is 13.0. The van der Waals surface area contributed by atoms with Crippen molar-refractivity contribution in [3.63, 3.8) is 0 Å². The van der Waals surface area contributed by atoms with Gasteiger partial charge in [-0.15, -0.1) is 0 Å². The lowest BCUT2D eigenvalue weighted by molar-refractivity contribution is -0.135. The molecule has 1 aromatic rings. The summed E-state index contributed by atoms with van der Waals surface area (Å²) in [6.45, 7) is 2.58. The van der Waals surface area contributed by atoms with Crippen LogP contribution in [-0.4, -0.2) is 28.1 Å². The first-order chi connectivity index (χ1) is 7.53. The maximum Gasteiger partial charge on any atom is 0.389 e. The van der Waals surface area contributed by atoms with Gasteiger partial charge in [0.05, 0.1) is 17.9 Å². The monoisotopic (exact) mass is 236 g/mol. The van der Waals surface area contributed by atoms with Crippen LogP contribution in [0.4, 0.5) is 13.2 Å². The van der Waals surface area contributed by atoms with Gasteiger partial charge in [-0.1, -0.05) is 6.92 Å². The number of halogens is 3. The molecule has 92 valence electrons. The first-order valence-corrected chi connectivity index (χ1v) is 5.18. The van der Waals surface area contributed by atoms with Gasteiger partial charge in [0, 0.05) is 6.42 Å². The lowest BCUT2D eigenvalue weighted by Gasteiger charge is -2.15. The Hall–Kier alpha value is -1.11. The number of hydrogen-bond acceptors (Lipinski definition) is 3. The van der Waals surface area contributed by atoms with E-state index in [-0.39, 0.29) is 12.5 Å². The summed E-state index contributed by atoms with van der Waals surface area (Å²) in [7, 11) is 0. The lowest BCUT2D eigenvalue weighted by atomic mass is 10.1. The maximum absolute atomic E-state index is 12.0. The summed E-state index contributed by atoms with van der Waals surface area (Å²) in [5.41, 5.74) is 0.657. The highest BCUT2D eigenvalue weighted by atomic mass is 19.4. The summed E-state index contributed by atoms with van der Waals surface area (Å²) < 4.78 is 35.9. The van der Waals surface area contributed by atoms with E-state index < -0.39 is 12.6 Å². The quantitative estimate of drug-likeness (QED) is 0.796. The van der Waals surface area contributed by atoms with E-state index in [4.69, 9.17) is 0 Å². The molecule has 16 heavy (non-hydrogen) atoms. The summed E-state index contributed by atoms with van der Waals surface area (Å²) in [4.78, 5) is 0. The molecule has 1 rings (SSSR count). The van der Waals surface area contributed by atoms with Crippen LogP contribution in [0.3, 0.4) is 0 Å². The highest BCUT2D eigenvalue weighted by molar-refractivity contribution is 4.99. The van der Waals surface area contributed by atoms with Gasteiger partial charge >= 0.3 is 6.18 Å². The van der Waals surface area contributed by atoms with E-state index in [9.17, 15) is 13.2 Å². The molecule has 2 N–H and O–H groups in total. The highest BCUT2D eigenvalue weighted by Gasteiger charge is 2.27. The van der Waals surface area contributed by atoms with Gasteiger partial charge in [0.2, 0.25) is 0 Å². The Morgan fingerprint density at radius 3 is 2.75 bits per heavy atom. The average molecular weight is 236 g/mol. The predicted octanol–water partition coefficient (Wildman–Crippen LogP) is 2.19. The molecule has 0 fully saturated rings. The first-order valence-electron chi connectivity index (χ1n) is 5.18. The van der Waals surface area contributed by atoms with E-state index in [1.807, 2.05) is 6.92 Å². The normalized spacial score (nSPS) is 14.0. The molecular formula is C9H15F3N4. The van der Waals surface area contributed by atoms with Crippen LogP contribution in [0, 0.1) is 0 Å². The maximum atomic E-state index is 12.0. The standard InChI is InChI=1S/C9H15F3N4/c1-2-13-7(8-6-14-16-15-8)4-3-5-9(10,11)12/h6-7,13H,2-5H2,1H3,(H,14,15,16). The molecule has 1 heterocycles. The molecular weight excluding hydrogens is 221 g/mol. The third kappa shape index (κ3) is 4.61. The van der Waals surface area contributed by atoms with Crippen molar-refractivity contribution >= 4 is 0 Å². The van der Waals surface area contributed by atoms with Gasteiger partial charge in [-0.3, -0.25) is 0 Å². The van der Waals surface area contributed by atoms with Crippen molar-refractivity contribution in [3.8, 4) is 0 Å². The molecule has 0 aromatic carbocycles. The first kappa shape index (κ1) is 13.0. The van der Waals surface area contributed by atoms with Crippen LogP contribution < -0.4 is 5.32 Å². The zero-order valence-electron chi connectivity index (χ0n) is 9.01. The summed E-state index contributed by atoms with van der Waals surface area (Å²) in [6, 6.07) is -0.161. The van der Waals surface area contributed by atoms with Gasteiger partial charge in [-0.2, -0.15) is 28.6 Å². The van der Waals surface area contributed by atoms with Gasteiger partial charge < -0.3 is 5.32 Å². The molecule has 1 aromatic heterocycles. The highest BCUT2D eigenvalue weighted by Crippen LogP contribution is 2.25. The molecule has 7 heteroatoms. The Morgan fingerprint density at radius 2 is 2.25 bits per heavy atom. The van der Waals surface area contributed by atoms with Crippen molar-refractivity contribution in [2.75, 3.05) is 6.54 Å². The number of rotatable bonds is 6. The number of hydrogen-bond donors (Lipinski definition) is 2. The van der Waals surface area contributed by atoms with Gasteiger partial charge in [-0.25, -0.2) is 0 Å². The molecule has 4 nitrogen and oxygen atoms in total. The number of alkyl halides is 3. The zero-order chi connectivity index (χ0) is 12.0. The number of aromatic amines is 1. The van der Waals surface area contributed by atoms with Crippen LogP contribution in [0.25, 0.3) is 0 Å². The van der Waals surface area contributed by atoms with Gasteiger partial charge in [0.1, 0.15) is 0 Å². The number of H-pyrrole nitrogens is 1. The van der Waals surface area contributed by atoms with Gasteiger partial charge in [-0.05, 0) is 19.4 Å². The molecule has 0 aliphatic heterocycles. The summed E-state index contributed by atoms with van der Waals surface area (Å²) >= 11 is 0. The summed E-state index contributed by atoms with van der Waals surface area (Å²) in [5.74, 6) is 0. The van der Waals surface area contributed by atoms with Crippen LogP contribution >= 0.6 is 0 Å². The van der Waals surface area contributed by atoms with E-state index in [1.165, 1.54) is 6.20 Å². The van der Waals surface area contributed by atoms with E-state index in [2.05, 4.69) is 20.7 Å². The Bertz CT molecular complexity index is 283. The van der Waals surface area contributed by atoms with Crippen LogP contribution in [0.2, 0.25) is 0 Å². The largest absolute Gasteiger partial charge is 0.389 e. The number of aromatic nitrogens is 3. The topological polar surface area (TPSA) is 53.6 Å². The van der Waals surface area contributed by atoms with Gasteiger partial charge in [0.25, 0.3) is 0 Å². The van der Waals surface area contributed by atoms with Crippen molar-refractivity contribution in [1.82, 2.24) is 20.7 Å². The summed E-state index contributed by atoms with van der Waals surface area (Å²) in [6.07, 6.45) is -2.82. The van der Waals surface area contributed by atoms with Crippen LogP contribution in [0.1, 0.15) is 37.9 Å².